The lowest BCUT2D eigenvalue weighted by Gasteiger charge is -2.23. The zero-order chi connectivity index (χ0) is 24.1. The molecular weight excluding hydrogens is 434 g/mol. The molecule has 3 amide bonds. The average Bonchev–Trinajstić information content (AvgIpc) is 2.66. The van der Waals surface area contributed by atoms with E-state index in [-0.39, 0.29) is 16.5 Å². The van der Waals surface area contributed by atoms with Crippen molar-refractivity contribution in [1.29, 1.82) is 0 Å². The van der Waals surface area contributed by atoms with Gasteiger partial charge in [0.2, 0.25) is 10.0 Å². The van der Waals surface area contributed by atoms with Crippen LogP contribution in [0.15, 0.2) is 23.1 Å². The fraction of sp³-hybridized carbons (Fsp3) is 0.591. The molecule has 3 N–H and O–H groups in total. The lowest BCUT2D eigenvalue weighted by Crippen LogP contribution is -2.48. The highest BCUT2D eigenvalue weighted by Crippen LogP contribution is 2.19. The molecule has 0 heterocycles. The second kappa shape index (κ2) is 10.4. The Balaban J connectivity index is 2.03. The molecule has 1 aliphatic carbocycles. The van der Waals surface area contributed by atoms with E-state index in [0.29, 0.717) is 5.56 Å². The molecule has 0 aromatic heterocycles. The first-order chi connectivity index (χ1) is 14.8. The summed E-state index contributed by atoms with van der Waals surface area (Å²) in [6.07, 6.45) is 3.70. The highest BCUT2D eigenvalue weighted by atomic mass is 32.2. The van der Waals surface area contributed by atoms with Gasteiger partial charge >= 0.3 is 12.0 Å². The number of amides is 3. The number of aryl methyl sites for hydroxylation is 1. The summed E-state index contributed by atoms with van der Waals surface area (Å²) in [6.45, 7) is 8.10. The van der Waals surface area contributed by atoms with Gasteiger partial charge in [-0.1, -0.05) is 25.3 Å². The Kier molecular flexibility index (Phi) is 8.41. The van der Waals surface area contributed by atoms with Crippen molar-refractivity contribution in [3.63, 3.8) is 0 Å². The van der Waals surface area contributed by atoms with Crippen LogP contribution in [0.3, 0.4) is 0 Å². The number of esters is 1. The second-order valence-electron chi connectivity index (χ2n) is 9.18. The van der Waals surface area contributed by atoms with Gasteiger partial charge in [0, 0.05) is 11.6 Å². The van der Waals surface area contributed by atoms with E-state index in [1.807, 2.05) is 0 Å². The van der Waals surface area contributed by atoms with E-state index < -0.39 is 39.6 Å². The van der Waals surface area contributed by atoms with Crippen molar-refractivity contribution < 1.29 is 27.5 Å². The van der Waals surface area contributed by atoms with E-state index in [9.17, 15) is 22.8 Å². The largest absolute Gasteiger partial charge is 0.449 e. The lowest BCUT2D eigenvalue weighted by molar-refractivity contribution is -0.127. The van der Waals surface area contributed by atoms with Crippen molar-refractivity contribution in [2.75, 3.05) is 0 Å². The Hall–Kier alpha value is -2.46. The van der Waals surface area contributed by atoms with Gasteiger partial charge in [0.05, 0.1) is 10.5 Å². The molecule has 32 heavy (non-hydrogen) atoms. The van der Waals surface area contributed by atoms with Gasteiger partial charge in [0.25, 0.3) is 5.91 Å². The van der Waals surface area contributed by atoms with Gasteiger partial charge in [-0.2, -0.15) is 0 Å². The van der Waals surface area contributed by atoms with Gasteiger partial charge in [-0.3, -0.25) is 10.1 Å². The molecule has 1 aliphatic rings. The van der Waals surface area contributed by atoms with Crippen molar-refractivity contribution in [3.05, 3.63) is 29.3 Å². The van der Waals surface area contributed by atoms with Crippen molar-refractivity contribution in [2.45, 2.75) is 89.3 Å². The molecule has 1 fully saturated rings. The zero-order valence-corrected chi connectivity index (χ0v) is 20.1. The van der Waals surface area contributed by atoms with Crippen LogP contribution >= 0.6 is 0 Å². The molecule has 0 aliphatic heterocycles. The molecule has 2 rings (SSSR count). The molecular formula is C22H33N3O6S. The van der Waals surface area contributed by atoms with E-state index in [4.69, 9.17) is 4.74 Å². The number of hydrogen-bond acceptors (Lipinski definition) is 6. The van der Waals surface area contributed by atoms with Gasteiger partial charge in [0.15, 0.2) is 6.10 Å². The molecule has 9 nitrogen and oxygen atoms in total. The molecule has 0 bridgehead atoms. The van der Waals surface area contributed by atoms with E-state index in [1.165, 1.54) is 25.1 Å². The fourth-order valence-electron chi connectivity index (χ4n) is 3.41. The minimum atomic E-state index is -3.86. The quantitative estimate of drug-likeness (QED) is 0.552. The van der Waals surface area contributed by atoms with Crippen LogP contribution in [-0.4, -0.2) is 44.0 Å². The van der Waals surface area contributed by atoms with Crippen molar-refractivity contribution >= 4 is 27.9 Å². The smallest absolute Gasteiger partial charge is 0.339 e. The normalized spacial score (nSPS) is 16.2. The fourth-order valence-corrected chi connectivity index (χ4v) is 4.85. The Labute approximate surface area is 189 Å². The summed E-state index contributed by atoms with van der Waals surface area (Å²) in [4.78, 5) is 36.9. The van der Waals surface area contributed by atoms with Crippen LogP contribution in [0.25, 0.3) is 0 Å². The predicted octanol–water partition coefficient (Wildman–Crippen LogP) is 2.78. The number of nitrogens with one attached hydrogen (secondary N) is 3. The number of hydrogen-bond donors (Lipinski definition) is 3. The van der Waals surface area contributed by atoms with Gasteiger partial charge in [0.1, 0.15) is 0 Å². The molecule has 178 valence electrons. The maximum atomic E-state index is 12.6. The van der Waals surface area contributed by atoms with Crippen LogP contribution in [0.5, 0.6) is 0 Å². The highest BCUT2D eigenvalue weighted by Gasteiger charge is 2.26. The lowest BCUT2D eigenvalue weighted by atomic mass is 9.96. The molecule has 1 unspecified atom stereocenters. The summed E-state index contributed by atoms with van der Waals surface area (Å²) < 4.78 is 32.9. The summed E-state index contributed by atoms with van der Waals surface area (Å²) in [5.41, 5.74) is -0.185. The third-order valence-corrected chi connectivity index (χ3v) is 6.77. The number of urea groups is 1. The van der Waals surface area contributed by atoms with Crippen molar-refractivity contribution in [2.24, 2.45) is 0 Å². The molecule has 1 atom stereocenters. The van der Waals surface area contributed by atoms with Crippen LogP contribution in [0, 0.1) is 6.92 Å². The number of carbonyl (C=O) groups excluding carboxylic acids is 3. The van der Waals surface area contributed by atoms with Crippen LogP contribution in [0.4, 0.5) is 4.79 Å². The Morgan fingerprint density at radius 2 is 1.72 bits per heavy atom. The summed E-state index contributed by atoms with van der Waals surface area (Å²) in [7, 11) is -3.86. The first-order valence-corrected chi connectivity index (χ1v) is 12.2. The van der Waals surface area contributed by atoms with Crippen LogP contribution < -0.4 is 15.4 Å². The zero-order valence-electron chi connectivity index (χ0n) is 19.3. The van der Waals surface area contributed by atoms with Gasteiger partial charge in [-0.25, -0.2) is 22.7 Å². The molecule has 0 saturated heterocycles. The maximum absolute atomic E-state index is 12.6. The predicted molar refractivity (Wildman–Crippen MR) is 120 cm³/mol. The first-order valence-electron chi connectivity index (χ1n) is 10.8. The summed E-state index contributed by atoms with van der Waals surface area (Å²) in [5.74, 6) is -1.62. The van der Waals surface area contributed by atoms with Crippen molar-refractivity contribution in [3.8, 4) is 0 Å². The molecule has 1 aromatic rings. The number of imide groups is 1. The minimum absolute atomic E-state index is 0.0214. The Morgan fingerprint density at radius 1 is 1.09 bits per heavy atom. The number of benzene rings is 1. The SMILES string of the molecule is Cc1ccc(S(=O)(=O)NC(C)(C)C)cc1C(=O)OC(C)C(=O)NC(=O)NC1CCCCC1. The van der Waals surface area contributed by atoms with Gasteiger partial charge in [-0.15, -0.1) is 0 Å². The van der Waals surface area contributed by atoms with E-state index in [1.54, 1.807) is 27.7 Å². The van der Waals surface area contributed by atoms with Crippen LogP contribution in [0.2, 0.25) is 0 Å². The summed E-state index contributed by atoms with van der Waals surface area (Å²) >= 11 is 0. The standard InChI is InChI=1S/C22H33N3O6S/c1-14-11-12-17(32(29,30)25-22(3,4)5)13-18(14)20(27)31-15(2)19(26)24-21(28)23-16-9-7-6-8-10-16/h11-13,15-16,25H,6-10H2,1-5H3,(H2,23,24,26,28). The average molecular weight is 468 g/mol. The highest BCUT2D eigenvalue weighted by molar-refractivity contribution is 7.89. The first kappa shape index (κ1) is 25.8. The molecule has 0 radical (unpaired) electrons. The van der Waals surface area contributed by atoms with E-state index in [2.05, 4.69) is 15.4 Å². The third kappa shape index (κ3) is 7.59. The number of rotatable bonds is 6. The summed E-state index contributed by atoms with van der Waals surface area (Å²) in [5, 5.41) is 4.94. The van der Waals surface area contributed by atoms with Crippen LogP contribution in [-0.2, 0) is 19.6 Å². The molecule has 1 saturated carbocycles. The molecule has 1 aromatic carbocycles. The van der Waals surface area contributed by atoms with E-state index in [0.717, 1.165) is 32.1 Å². The van der Waals surface area contributed by atoms with Crippen LogP contribution in [0.1, 0.15) is 75.7 Å². The summed E-state index contributed by atoms with van der Waals surface area (Å²) in [6, 6.07) is 3.51. The number of carbonyl (C=O) groups is 3. The minimum Gasteiger partial charge on any atom is -0.449 e. The van der Waals surface area contributed by atoms with Gasteiger partial charge in [-0.05, 0) is 65.2 Å². The topological polar surface area (TPSA) is 131 Å². The molecule has 0 spiro atoms. The van der Waals surface area contributed by atoms with E-state index >= 15 is 0 Å². The number of ether oxygens (including phenoxy) is 1. The Bertz CT molecular complexity index is 962. The van der Waals surface area contributed by atoms with Gasteiger partial charge < -0.3 is 10.1 Å². The Morgan fingerprint density at radius 3 is 2.31 bits per heavy atom. The second-order valence-corrected chi connectivity index (χ2v) is 10.9. The maximum Gasteiger partial charge on any atom is 0.339 e. The number of sulfonamides is 1. The molecule has 10 heteroatoms. The van der Waals surface area contributed by atoms with Crippen molar-refractivity contribution in [1.82, 2.24) is 15.4 Å². The third-order valence-electron chi connectivity index (χ3n) is 5.01. The monoisotopic (exact) mass is 467 g/mol.